The Labute approximate surface area is 97.5 Å². The Hall–Kier alpha value is -0.883. The van der Waals surface area contributed by atoms with E-state index in [9.17, 15) is 9.59 Å². The average Bonchev–Trinajstić information content (AvgIpc) is 2.11. The van der Waals surface area contributed by atoms with Crippen molar-refractivity contribution in [1.29, 1.82) is 0 Å². The maximum absolute atomic E-state index is 11.4. The molecule has 0 aliphatic rings. The molecule has 0 aromatic carbocycles. The fraction of sp³-hybridized carbons (Fsp3) is 0.800. The molecule has 0 fully saturated rings. The van der Waals surface area contributed by atoms with E-state index in [0.717, 1.165) is 6.04 Å². The van der Waals surface area contributed by atoms with Crippen LogP contribution in [0.25, 0.3) is 0 Å². The fourth-order valence-electron chi connectivity index (χ4n) is 0.980. The molecule has 0 saturated carbocycles. The monoisotopic (exact) mass is 246 g/mol. The summed E-state index contributed by atoms with van der Waals surface area (Å²) in [6, 6.07) is 0.176. The molecule has 94 valence electrons. The summed E-state index contributed by atoms with van der Waals surface area (Å²) >= 11 is 0. The molecule has 1 amide bonds. The summed E-state index contributed by atoms with van der Waals surface area (Å²) in [7, 11) is -1.19. The smallest absolute Gasteiger partial charge is 0.322 e. The molecular formula is C10H22N2O3Si. The number of esters is 1. The van der Waals surface area contributed by atoms with Gasteiger partial charge in [0.15, 0.2) is 0 Å². The number of hydrogen-bond acceptors (Lipinski definition) is 4. The Morgan fingerprint density at radius 2 is 1.88 bits per heavy atom. The van der Waals surface area contributed by atoms with Crippen LogP contribution in [-0.2, 0) is 14.3 Å². The summed E-state index contributed by atoms with van der Waals surface area (Å²) in [6.45, 7) is 7.02. The van der Waals surface area contributed by atoms with Gasteiger partial charge in [-0.2, -0.15) is 0 Å². The number of primary amides is 1. The molecule has 0 rings (SSSR count). The molecule has 0 bridgehead atoms. The number of ether oxygens (including phenoxy) is 1. The Morgan fingerprint density at radius 1 is 1.31 bits per heavy atom. The summed E-state index contributed by atoms with van der Waals surface area (Å²) in [5, 5.41) is 0. The first-order valence-corrected chi connectivity index (χ1v) is 9.13. The van der Waals surface area contributed by atoms with Crippen molar-refractivity contribution in [3.63, 3.8) is 0 Å². The lowest BCUT2D eigenvalue weighted by Gasteiger charge is -2.16. The van der Waals surface area contributed by atoms with E-state index in [1.807, 2.05) is 0 Å². The summed E-state index contributed by atoms with van der Waals surface area (Å²) in [6.07, 6.45) is 0.366. The summed E-state index contributed by atoms with van der Waals surface area (Å²) in [5.74, 6) is -0.898. The van der Waals surface area contributed by atoms with Crippen molar-refractivity contribution in [2.75, 3.05) is 6.61 Å². The van der Waals surface area contributed by atoms with Crippen LogP contribution in [0, 0.1) is 0 Å². The second-order valence-electron chi connectivity index (χ2n) is 5.09. The van der Waals surface area contributed by atoms with Crippen LogP contribution >= 0.6 is 0 Å². The number of nitrogens with two attached hydrogens (primary N) is 2. The third kappa shape index (κ3) is 8.43. The first kappa shape index (κ1) is 15.1. The number of carbonyl (C=O) groups is 2. The van der Waals surface area contributed by atoms with Gasteiger partial charge in [-0.15, -0.1) is 0 Å². The predicted molar refractivity (Wildman–Crippen MR) is 65.5 cm³/mol. The van der Waals surface area contributed by atoms with E-state index in [1.165, 1.54) is 0 Å². The van der Waals surface area contributed by atoms with Gasteiger partial charge in [-0.05, 0) is 12.5 Å². The van der Waals surface area contributed by atoms with Crippen LogP contribution in [0.4, 0.5) is 0 Å². The molecule has 1 unspecified atom stereocenters. The van der Waals surface area contributed by atoms with Crippen molar-refractivity contribution in [3.05, 3.63) is 0 Å². The highest BCUT2D eigenvalue weighted by Gasteiger charge is 2.18. The molecule has 0 aromatic heterocycles. The van der Waals surface area contributed by atoms with Crippen LogP contribution in [-0.4, -0.2) is 32.6 Å². The zero-order valence-corrected chi connectivity index (χ0v) is 11.3. The topological polar surface area (TPSA) is 95.4 Å². The summed E-state index contributed by atoms with van der Waals surface area (Å²) in [5.41, 5.74) is 10.5. The quantitative estimate of drug-likeness (QED) is 0.504. The van der Waals surface area contributed by atoms with Gasteiger partial charge in [0.2, 0.25) is 5.91 Å². The molecular weight excluding hydrogens is 224 g/mol. The van der Waals surface area contributed by atoms with Crippen LogP contribution in [0.15, 0.2) is 0 Å². The third-order valence-electron chi connectivity index (χ3n) is 2.10. The Bertz CT molecular complexity index is 251. The Kier molecular flexibility index (Phi) is 6.28. The van der Waals surface area contributed by atoms with Gasteiger partial charge in [0.1, 0.15) is 6.04 Å². The zero-order valence-electron chi connectivity index (χ0n) is 10.3. The SMILES string of the molecule is C[Si](C)(C)CCOC(=O)C(N)CCC(N)=O. The lowest BCUT2D eigenvalue weighted by atomic mass is 10.1. The van der Waals surface area contributed by atoms with Gasteiger partial charge in [-0.1, -0.05) is 19.6 Å². The highest BCUT2D eigenvalue weighted by molar-refractivity contribution is 6.76. The highest BCUT2D eigenvalue weighted by atomic mass is 28.3. The molecule has 0 aliphatic heterocycles. The highest BCUT2D eigenvalue weighted by Crippen LogP contribution is 2.08. The van der Waals surface area contributed by atoms with Gasteiger partial charge in [0, 0.05) is 14.5 Å². The van der Waals surface area contributed by atoms with Crippen LogP contribution in [0.3, 0.4) is 0 Å². The Morgan fingerprint density at radius 3 is 2.31 bits per heavy atom. The normalized spacial score (nSPS) is 13.2. The van der Waals surface area contributed by atoms with Crippen molar-refractivity contribution in [3.8, 4) is 0 Å². The number of hydrogen-bond donors (Lipinski definition) is 2. The van der Waals surface area contributed by atoms with Crippen LogP contribution in [0.1, 0.15) is 12.8 Å². The van der Waals surface area contributed by atoms with Crippen molar-refractivity contribution >= 4 is 20.0 Å². The number of rotatable bonds is 7. The Balaban J connectivity index is 3.75. The zero-order chi connectivity index (χ0) is 12.8. The minimum Gasteiger partial charge on any atom is -0.465 e. The summed E-state index contributed by atoms with van der Waals surface area (Å²) < 4.78 is 5.03. The van der Waals surface area contributed by atoms with E-state index in [1.54, 1.807) is 0 Å². The van der Waals surface area contributed by atoms with Gasteiger partial charge in [0.05, 0.1) is 6.61 Å². The van der Waals surface area contributed by atoms with Gasteiger partial charge < -0.3 is 16.2 Å². The number of amides is 1. The van der Waals surface area contributed by atoms with Crippen molar-refractivity contribution in [1.82, 2.24) is 0 Å². The van der Waals surface area contributed by atoms with Gasteiger partial charge in [-0.3, -0.25) is 9.59 Å². The van der Waals surface area contributed by atoms with Crippen molar-refractivity contribution < 1.29 is 14.3 Å². The van der Waals surface area contributed by atoms with E-state index in [4.69, 9.17) is 16.2 Å². The molecule has 4 N–H and O–H groups in total. The molecule has 6 heteroatoms. The summed E-state index contributed by atoms with van der Waals surface area (Å²) in [4.78, 5) is 21.8. The van der Waals surface area contributed by atoms with E-state index < -0.39 is 26.0 Å². The average molecular weight is 246 g/mol. The standard InChI is InChI=1S/C10H22N2O3Si/c1-16(2,3)7-6-15-10(14)8(11)4-5-9(12)13/h8H,4-7,11H2,1-3H3,(H2,12,13). The first-order valence-electron chi connectivity index (χ1n) is 5.43. The molecule has 1 atom stereocenters. The van der Waals surface area contributed by atoms with Gasteiger partial charge in [-0.25, -0.2) is 0 Å². The van der Waals surface area contributed by atoms with E-state index in [2.05, 4.69) is 19.6 Å². The molecule has 0 aromatic rings. The third-order valence-corrected chi connectivity index (χ3v) is 3.80. The van der Waals surface area contributed by atoms with Crippen LogP contribution < -0.4 is 11.5 Å². The van der Waals surface area contributed by atoms with E-state index in [0.29, 0.717) is 6.61 Å². The predicted octanol–water partition coefficient (Wildman–Crippen LogP) is 0.461. The van der Waals surface area contributed by atoms with Gasteiger partial charge >= 0.3 is 5.97 Å². The lowest BCUT2D eigenvalue weighted by molar-refractivity contribution is -0.144. The van der Waals surface area contributed by atoms with Crippen LogP contribution in [0.2, 0.25) is 25.7 Å². The first-order chi connectivity index (χ1) is 7.22. The molecule has 0 aliphatic carbocycles. The maximum atomic E-state index is 11.4. The van der Waals surface area contributed by atoms with E-state index >= 15 is 0 Å². The molecule has 0 spiro atoms. The maximum Gasteiger partial charge on any atom is 0.322 e. The second-order valence-corrected chi connectivity index (χ2v) is 10.7. The van der Waals surface area contributed by atoms with Crippen molar-refractivity contribution in [2.24, 2.45) is 11.5 Å². The molecule has 0 heterocycles. The minimum atomic E-state index is -1.19. The fourth-order valence-corrected chi connectivity index (χ4v) is 1.69. The minimum absolute atomic E-state index is 0.115. The van der Waals surface area contributed by atoms with E-state index in [-0.39, 0.29) is 12.8 Å². The van der Waals surface area contributed by atoms with Crippen molar-refractivity contribution in [2.45, 2.75) is 44.6 Å². The molecule has 5 nitrogen and oxygen atoms in total. The van der Waals surface area contributed by atoms with Gasteiger partial charge in [0.25, 0.3) is 0 Å². The molecule has 0 saturated heterocycles. The molecule has 16 heavy (non-hydrogen) atoms. The lowest BCUT2D eigenvalue weighted by Crippen LogP contribution is -2.34. The molecule has 0 radical (unpaired) electrons. The second kappa shape index (κ2) is 6.65. The number of carbonyl (C=O) groups excluding carboxylic acids is 2. The van der Waals surface area contributed by atoms with Crippen LogP contribution in [0.5, 0.6) is 0 Å². The largest absolute Gasteiger partial charge is 0.465 e.